The molecule has 6 rings (SSSR count). The Bertz CT molecular complexity index is 1390. The molecular weight excluding hydrogens is 524 g/mol. The van der Waals surface area contributed by atoms with Crippen molar-refractivity contribution in [3.63, 3.8) is 0 Å². The largest absolute Gasteiger partial charge is 0.481 e. The lowest BCUT2D eigenvalue weighted by Gasteiger charge is -2.26. The number of benzene rings is 1. The van der Waals surface area contributed by atoms with Crippen molar-refractivity contribution in [1.82, 2.24) is 9.97 Å². The maximum absolute atomic E-state index is 13.8. The van der Waals surface area contributed by atoms with Crippen LogP contribution < -0.4 is 9.80 Å². The van der Waals surface area contributed by atoms with E-state index >= 15 is 0 Å². The Hall–Kier alpha value is -3.59. The Morgan fingerprint density at radius 3 is 2.48 bits per heavy atom. The Morgan fingerprint density at radius 1 is 1.05 bits per heavy atom. The number of hydrogen-bond donors (Lipinski definition) is 1. The van der Waals surface area contributed by atoms with Crippen LogP contribution in [0.2, 0.25) is 0 Å². The summed E-state index contributed by atoms with van der Waals surface area (Å²) in [4.78, 5) is 50.7. The molecule has 1 atom stereocenters. The molecule has 1 saturated heterocycles. The monoisotopic (exact) mass is 558 g/mol. The zero-order valence-corrected chi connectivity index (χ0v) is 23.3. The summed E-state index contributed by atoms with van der Waals surface area (Å²) < 4.78 is 0. The Morgan fingerprint density at radius 2 is 1.82 bits per heavy atom. The summed E-state index contributed by atoms with van der Waals surface area (Å²) >= 11 is 1.44. The highest BCUT2D eigenvalue weighted by Crippen LogP contribution is 2.40. The summed E-state index contributed by atoms with van der Waals surface area (Å²) in [6, 6.07) is 12.0. The van der Waals surface area contributed by atoms with E-state index in [1.807, 2.05) is 41.8 Å². The third kappa shape index (κ3) is 5.66. The normalized spacial score (nSPS) is 18.3. The van der Waals surface area contributed by atoms with Gasteiger partial charge in [0.05, 0.1) is 12.1 Å². The highest BCUT2D eigenvalue weighted by atomic mass is 32.1. The molecule has 8 nitrogen and oxygen atoms in total. The molecular formula is C31H34N4O4S. The lowest BCUT2D eigenvalue weighted by Crippen LogP contribution is -2.39. The van der Waals surface area contributed by atoms with E-state index in [2.05, 4.69) is 4.98 Å². The molecule has 0 spiro atoms. The molecule has 2 aromatic heterocycles. The molecule has 1 aromatic carbocycles. The van der Waals surface area contributed by atoms with Crippen LogP contribution in [0.15, 0.2) is 48.0 Å². The van der Waals surface area contributed by atoms with Crippen LogP contribution in [0.3, 0.4) is 0 Å². The molecule has 40 heavy (non-hydrogen) atoms. The maximum Gasteiger partial charge on any atom is 0.304 e. The summed E-state index contributed by atoms with van der Waals surface area (Å²) in [5, 5.41) is 12.2. The van der Waals surface area contributed by atoms with E-state index in [0.717, 1.165) is 67.3 Å². The Kier molecular flexibility index (Phi) is 7.65. The van der Waals surface area contributed by atoms with Crippen molar-refractivity contribution in [2.24, 2.45) is 11.8 Å². The third-order valence-electron chi connectivity index (χ3n) is 8.32. The number of nitrogens with zero attached hydrogens (tertiary/aromatic N) is 4. The first-order chi connectivity index (χ1) is 19.5. The fourth-order valence-electron chi connectivity index (χ4n) is 6.14. The smallest absolute Gasteiger partial charge is 0.304 e. The van der Waals surface area contributed by atoms with Crippen LogP contribution in [0.25, 0.3) is 22.4 Å². The van der Waals surface area contributed by atoms with Crippen LogP contribution >= 0.6 is 11.3 Å². The highest BCUT2D eigenvalue weighted by Gasteiger charge is 2.40. The van der Waals surface area contributed by atoms with E-state index in [9.17, 15) is 19.5 Å². The minimum absolute atomic E-state index is 0.0895. The number of amides is 2. The number of carboxylic acids is 1. The van der Waals surface area contributed by atoms with Crippen LogP contribution in [0.5, 0.6) is 0 Å². The van der Waals surface area contributed by atoms with E-state index in [0.29, 0.717) is 36.3 Å². The lowest BCUT2D eigenvalue weighted by atomic mass is 9.90. The third-order valence-corrected chi connectivity index (χ3v) is 9.16. The van der Waals surface area contributed by atoms with E-state index < -0.39 is 11.9 Å². The molecule has 1 N–H and O–H groups in total. The second-order valence-electron chi connectivity index (χ2n) is 11.2. The van der Waals surface area contributed by atoms with Gasteiger partial charge in [-0.15, -0.1) is 11.3 Å². The van der Waals surface area contributed by atoms with Crippen molar-refractivity contribution in [2.75, 3.05) is 16.3 Å². The van der Waals surface area contributed by atoms with Crippen molar-refractivity contribution in [3.8, 4) is 22.4 Å². The van der Waals surface area contributed by atoms with Gasteiger partial charge in [0.25, 0.3) is 0 Å². The quantitative estimate of drug-likeness (QED) is 0.319. The van der Waals surface area contributed by atoms with Gasteiger partial charge in [0.15, 0.2) is 5.13 Å². The number of rotatable bonds is 10. The fourth-order valence-corrected chi connectivity index (χ4v) is 7.04. The predicted molar refractivity (Wildman–Crippen MR) is 155 cm³/mol. The van der Waals surface area contributed by atoms with Gasteiger partial charge in [-0.1, -0.05) is 49.9 Å². The van der Waals surface area contributed by atoms with Gasteiger partial charge in [0, 0.05) is 47.6 Å². The van der Waals surface area contributed by atoms with Crippen molar-refractivity contribution in [1.29, 1.82) is 0 Å². The Labute approximate surface area is 238 Å². The van der Waals surface area contributed by atoms with Gasteiger partial charge in [-0.05, 0) is 49.3 Å². The van der Waals surface area contributed by atoms with Crippen LogP contribution in [0.4, 0.5) is 10.9 Å². The molecule has 1 aliphatic heterocycles. The second-order valence-corrected chi connectivity index (χ2v) is 12.1. The zero-order valence-electron chi connectivity index (χ0n) is 22.5. The minimum atomic E-state index is -0.922. The Balaban J connectivity index is 1.26. The van der Waals surface area contributed by atoms with E-state index in [-0.39, 0.29) is 24.3 Å². The number of pyridine rings is 1. The summed E-state index contributed by atoms with van der Waals surface area (Å²) in [7, 11) is 0. The standard InChI is InChI=1S/C31H34N4O4S/c36-28-10-5-15-34(28)27-14-11-21(18-32-27)24-8-3-4-9-25(24)26-19-40-31(33-26)35(23-12-13-23)30(39)22(17-29(37)38)16-20-6-1-2-7-20/h3-4,8-9,11,14,18-20,22-23H,1-2,5-7,10,12-13,15-17H2,(H,37,38)/t22-/m1/s1. The number of carbonyl (C=O) groups is 3. The fraction of sp³-hybridized carbons (Fsp3) is 0.452. The molecule has 9 heteroatoms. The number of aliphatic carboxylic acids is 1. The van der Waals surface area contributed by atoms with Crippen molar-refractivity contribution in [2.45, 2.75) is 70.3 Å². The molecule has 2 amide bonds. The predicted octanol–water partition coefficient (Wildman–Crippen LogP) is 6.17. The van der Waals surface area contributed by atoms with Crippen molar-refractivity contribution in [3.05, 3.63) is 48.0 Å². The zero-order chi connectivity index (χ0) is 27.6. The van der Waals surface area contributed by atoms with Crippen LogP contribution in [0, 0.1) is 11.8 Å². The molecule has 3 heterocycles. The number of thiazole rings is 1. The summed E-state index contributed by atoms with van der Waals surface area (Å²) in [6.07, 6.45) is 10.0. The average molecular weight is 559 g/mol. The van der Waals surface area contributed by atoms with Gasteiger partial charge in [-0.25, -0.2) is 9.97 Å². The summed E-state index contributed by atoms with van der Waals surface area (Å²) in [5.41, 5.74) is 3.61. The summed E-state index contributed by atoms with van der Waals surface area (Å²) in [6.45, 7) is 0.702. The molecule has 3 fully saturated rings. The molecule has 2 saturated carbocycles. The first-order valence-corrected chi connectivity index (χ1v) is 15.2. The number of hydrogen-bond acceptors (Lipinski definition) is 6. The topological polar surface area (TPSA) is 104 Å². The molecule has 0 unspecified atom stereocenters. The van der Waals surface area contributed by atoms with E-state index in [1.54, 1.807) is 16.0 Å². The molecule has 0 bridgehead atoms. The molecule has 0 radical (unpaired) electrons. The van der Waals surface area contributed by atoms with Crippen LogP contribution in [-0.2, 0) is 14.4 Å². The minimum Gasteiger partial charge on any atom is -0.481 e. The first kappa shape index (κ1) is 26.6. The van der Waals surface area contributed by atoms with E-state index in [4.69, 9.17) is 4.98 Å². The van der Waals surface area contributed by atoms with Gasteiger partial charge in [-0.2, -0.15) is 0 Å². The lowest BCUT2D eigenvalue weighted by molar-refractivity contribution is -0.141. The van der Waals surface area contributed by atoms with Gasteiger partial charge in [0.2, 0.25) is 11.8 Å². The van der Waals surface area contributed by atoms with Crippen molar-refractivity contribution < 1.29 is 19.5 Å². The maximum atomic E-state index is 13.8. The number of anilines is 2. The first-order valence-electron chi connectivity index (χ1n) is 14.3. The second kappa shape index (κ2) is 11.5. The summed E-state index contributed by atoms with van der Waals surface area (Å²) in [5.74, 6) is -0.326. The number of carboxylic acid groups (broad SMARTS) is 1. The van der Waals surface area contributed by atoms with Crippen LogP contribution in [0.1, 0.15) is 64.2 Å². The molecule has 3 aliphatic rings. The molecule has 208 valence electrons. The van der Waals surface area contributed by atoms with Crippen LogP contribution in [-0.4, -0.2) is 45.4 Å². The number of aromatic nitrogens is 2. The SMILES string of the molecule is O=C(O)C[C@@H](CC1CCCC1)C(=O)N(c1nc(-c2ccccc2-c2ccc(N3CCCC3=O)nc2)cs1)C1CC1. The highest BCUT2D eigenvalue weighted by molar-refractivity contribution is 7.14. The van der Waals surface area contributed by atoms with Gasteiger partial charge >= 0.3 is 5.97 Å². The van der Waals surface area contributed by atoms with E-state index in [1.165, 1.54) is 11.3 Å². The van der Waals surface area contributed by atoms with Gasteiger partial charge in [-0.3, -0.25) is 24.2 Å². The number of carbonyl (C=O) groups excluding carboxylic acids is 2. The molecule has 2 aliphatic carbocycles. The molecule has 3 aromatic rings. The van der Waals surface area contributed by atoms with Gasteiger partial charge in [0.1, 0.15) is 5.82 Å². The van der Waals surface area contributed by atoms with Gasteiger partial charge < -0.3 is 5.11 Å². The van der Waals surface area contributed by atoms with Crippen molar-refractivity contribution >= 4 is 40.1 Å². The average Bonchev–Trinajstić information content (AvgIpc) is 3.30.